The smallest absolute Gasteiger partial charge is 0.244 e. The van der Waals surface area contributed by atoms with Crippen molar-refractivity contribution in [2.24, 2.45) is 5.92 Å². The SMILES string of the molecule is CCN(CC)CCN(CC(C)C)S(=O)(=O)c1cc(S(C)(=O)=O)ccc1Br. The zero-order valence-electron chi connectivity index (χ0n) is 16.1. The fourth-order valence-electron chi connectivity index (χ4n) is 2.56. The summed E-state index contributed by atoms with van der Waals surface area (Å²) >= 11 is 3.26. The second-order valence-corrected chi connectivity index (χ2v) is 11.4. The standard InChI is InChI=1S/C17H29BrN2O4S2/c1-6-19(7-2)10-11-20(13-14(3)4)26(23,24)17-12-15(25(5,21)22)8-9-16(17)18/h8-9,12,14H,6-7,10-11,13H2,1-5H3. The van der Waals surface area contributed by atoms with E-state index >= 15 is 0 Å². The van der Waals surface area contributed by atoms with E-state index in [1.54, 1.807) is 0 Å². The van der Waals surface area contributed by atoms with Crippen LogP contribution in [0.5, 0.6) is 0 Å². The van der Waals surface area contributed by atoms with E-state index in [9.17, 15) is 16.8 Å². The molecule has 0 N–H and O–H groups in total. The van der Waals surface area contributed by atoms with Gasteiger partial charge in [0.2, 0.25) is 10.0 Å². The molecule has 1 rings (SSSR count). The Morgan fingerprint density at radius 1 is 1.04 bits per heavy atom. The summed E-state index contributed by atoms with van der Waals surface area (Å²) in [7, 11) is -7.32. The molecule has 0 spiro atoms. The molecule has 0 atom stereocenters. The number of likely N-dealkylation sites (N-methyl/N-ethyl adjacent to an activating group) is 1. The van der Waals surface area contributed by atoms with Crippen LogP contribution in [-0.4, -0.2) is 65.0 Å². The Hall–Kier alpha value is -0.480. The maximum absolute atomic E-state index is 13.2. The van der Waals surface area contributed by atoms with Crippen molar-refractivity contribution in [2.75, 3.05) is 39.0 Å². The predicted octanol–water partition coefficient (Wildman–Crippen LogP) is 2.84. The predicted molar refractivity (Wildman–Crippen MR) is 109 cm³/mol. The van der Waals surface area contributed by atoms with Crippen LogP contribution >= 0.6 is 15.9 Å². The summed E-state index contributed by atoms with van der Waals surface area (Å²) in [6.07, 6.45) is 1.07. The van der Waals surface area contributed by atoms with Gasteiger partial charge in [-0.3, -0.25) is 0 Å². The van der Waals surface area contributed by atoms with Crippen LogP contribution in [0.25, 0.3) is 0 Å². The molecule has 9 heteroatoms. The van der Waals surface area contributed by atoms with Crippen LogP contribution in [0.1, 0.15) is 27.7 Å². The van der Waals surface area contributed by atoms with Crippen LogP contribution in [-0.2, 0) is 19.9 Å². The number of hydrogen-bond acceptors (Lipinski definition) is 5. The van der Waals surface area contributed by atoms with Crippen LogP contribution in [0.3, 0.4) is 0 Å². The summed E-state index contributed by atoms with van der Waals surface area (Å²) < 4.78 is 52.0. The molecule has 0 bridgehead atoms. The lowest BCUT2D eigenvalue weighted by molar-refractivity contribution is 0.262. The van der Waals surface area contributed by atoms with Crippen LogP contribution in [0.2, 0.25) is 0 Å². The monoisotopic (exact) mass is 468 g/mol. The lowest BCUT2D eigenvalue weighted by atomic mass is 10.2. The average molecular weight is 469 g/mol. The Labute approximate surface area is 166 Å². The van der Waals surface area contributed by atoms with Gasteiger partial charge < -0.3 is 4.90 Å². The van der Waals surface area contributed by atoms with Crippen molar-refractivity contribution >= 4 is 35.8 Å². The Bertz CT molecular complexity index is 804. The molecule has 150 valence electrons. The Balaban J connectivity index is 3.31. The largest absolute Gasteiger partial charge is 0.303 e. The minimum atomic E-state index is -3.83. The third-order valence-electron chi connectivity index (χ3n) is 4.08. The number of sulfone groups is 1. The summed E-state index contributed by atoms with van der Waals surface area (Å²) in [5.74, 6) is 0.151. The molecule has 0 saturated heterocycles. The highest BCUT2D eigenvalue weighted by Crippen LogP contribution is 2.28. The first-order valence-corrected chi connectivity index (χ1v) is 12.8. The van der Waals surface area contributed by atoms with Gasteiger partial charge in [0.05, 0.1) is 9.79 Å². The summed E-state index contributed by atoms with van der Waals surface area (Å²) in [5, 5.41) is 0. The third kappa shape index (κ3) is 6.30. The van der Waals surface area contributed by atoms with Crippen molar-refractivity contribution < 1.29 is 16.8 Å². The highest BCUT2D eigenvalue weighted by Gasteiger charge is 2.28. The summed E-state index contributed by atoms with van der Waals surface area (Å²) in [6.45, 7) is 11.1. The first kappa shape index (κ1) is 23.6. The number of rotatable bonds is 10. The number of nitrogens with zero attached hydrogens (tertiary/aromatic N) is 2. The third-order valence-corrected chi connectivity index (χ3v) is 8.05. The quantitative estimate of drug-likeness (QED) is 0.527. The average Bonchev–Trinajstić information content (AvgIpc) is 2.53. The van der Waals surface area contributed by atoms with Gasteiger partial charge in [-0.2, -0.15) is 4.31 Å². The van der Waals surface area contributed by atoms with Crippen molar-refractivity contribution in [1.29, 1.82) is 0 Å². The van der Waals surface area contributed by atoms with E-state index in [0.29, 0.717) is 24.1 Å². The van der Waals surface area contributed by atoms with Crippen molar-refractivity contribution in [2.45, 2.75) is 37.5 Å². The Morgan fingerprint density at radius 3 is 2.08 bits per heavy atom. The molecule has 0 amide bonds. The van der Waals surface area contributed by atoms with E-state index in [0.717, 1.165) is 19.3 Å². The number of hydrogen-bond donors (Lipinski definition) is 0. The first-order valence-electron chi connectivity index (χ1n) is 8.65. The van der Waals surface area contributed by atoms with E-state index in [4.69, 9.17) is 0 Å². The molecule has 0 radical (unpaired) electrons. The van der Waals surface area contributed by atoms with Gasteiger partial charge in [-0.1, -0.05) is 27.7 Å². The molecule has 0 heterocycles. The van der Waals surface area contributed by atoms with Crippen molar-refractivity contribution in [3.8, 4) is 0 Å². The minimum Gasteiger partial charge on any atom is -0.303 e. The van der Waals surface area contributed by atoms with Gasteiger partial charge in [0.25, 0.3) is 0 Å². The maximum Gasteiger partial charge on any atom is 0.244 e. The molecule has 26 heavy (non-hydrogen) atoms. The summed E-state index contributed by atoms with van der Waals surface area (Å²) in [5.41, 5.74) is 0. The van der Waals surface area contributed by atoms with E-state index in [-0.39, 0.29) is 15.7 Å². The van der Waals surface area contributed by atoms with Gasteiger partial charge in [0.1, 0.15) is 0 Å². The number of halogens is 1. The van der Waals surface area contributed by atoms with Crippen molar-refractivity contribution in [3.63, 3.8) is 0 Å². The van der Waals surface area contributed by atoms with E-state index < -0.39 is 19.9 Å². The Morgan fingerprint density at radius 2 is 1.62 bits per heavy atom. The van der Waals surface area contributed by atoms with Gasteiger partial charge in [-0.05, 0) is 53.1 Å². The van der Waals surface area contributed by atoms with Crippen LogP contribution < -0.4 is 0 Å². The molecule has 6 nitrogen and oxygen atoms in total. The zero-order chi connectivity index (χ0) is 20.1. The van der Waals surface area contributed by atoms with E-state index in [1.165, 1.54) is 22.5 Å². The minimum absolute atomic E-state index is 0.00693. The summed E-state index contributed by atoms with van der Waals surface area (Å²) in [6, 6.07) is 4.11. The molecule has 0 aromatic heterocycles. The summed E-state index contributed by atoms with van der Waals surface area (Å²) in [4.78, 5) is 2.14. The molecule has 0 saturated carbocycles. The molecule has 0 aliphatic rings. The van der Waals surface area contributed by atoms with Crippen LogP contribution in [0, 0.1) is 5.92 Å². The number of benzene rings is 1. The van der Waals surface area contributed by atoms with Crippen LogP contribution in [0.15, 0.2) is 32.5 Å². The molecule has 0 fully saturated rings. The van der Waals surface area contributed by atoms with Gasteiger partial charge in [0, 0.05) is 30.4 Å². The molecule has 0 aliphatic heterocycles. The molecular weight excluding hydrogens is 440 g/mol. The fourth-order valence-corrected chi connectivity index (χ4v) is 5.83. The van der Waals surface area contributed by atoms with Gasteiger partial charge in [0.15, 0.2) is 9.84 Å². The van der Waals surface area contributed by atoms with Gasteiger partial charge in [-0.15, -0.1) is 0 Å². The maximum atomic E-state index is 13.2. The number of sulfonamides is 1. The zero-order valence-corrected chi connectivity index (χ0v) is 19.3. The van der Waals surface area contributed by atoms with E-state index in [2.05, 4.69) is 20.8 Å². The van der Waals surface area contributed by atoms with Crippen LogP contribution in [0.4, 0.5) is 0 Å². The molecular formula is C17H29BrN2O4S2. The second-order valence-electron chi connectivity index (χ2n) is 6.65. The Kier molecular flexibility index (Phi) is 8.73. The molecule has 1 aromatic carbocycles. The molecule has 0 unspecified atom stereocenters. The van der Waals surface area contributed by atoms with Gasteiger partial charge >= 0.3 is 0 Å². The second kappa shape index (κ2) is 9.64. The van der Waals surface area contributed by atoms with Crippen molar-refractivity contribution in [3.05, 3.63) is 22.7 Å². The topological polar surface area (TPSA) is 74.8 Å². The van der Waals surface area contributed by atoms with Crippen molar-refractivity contribution in [1.82, 2.24) is 9.21 Å². The molecule has 0 aliphatic carbocycles. The molecule has 1 aromatic rings. The fraction of sp³-hybridized carbons (Fsp3) is 0.647. The van der Waals surface area contributed by atoms with Gasteiger partial charge in [-0.25, -0.2) is 16.8 Å². The first-order chi connectivity index (χ1) is 11.9. The lowest BCUT2D eigenvalue weighted by Crippen LogP contribution is -2.40. The lowest BCUT2D eigenvalue weighted by Gasteiger charge is -2.27. The van der Waals surface area contributed by atoms with E-state index in [1.807, 2.05) is 27.7 Å². The normalized spacial score (nSPS) is 13.1. The highest BCUT2D eigenvalue weighted by atomic mass is 79.9. The highest BCUT2D eigenvalue weighted by molar-refractivity contribution is 9.10.